The summed E-state index contributed by atoms with van der Waals surface area (Å²) in [5, 5.41) is 0. The maximum absolute atomic E-state index is 4.19. The molecule has 2 rings (SSSR count). The molecule has 0 aromatic carbocycles. The molecule has 2 aliphatic rings. The van der Waals surface area contributed by atoms with Gasteiger partial charge in [0, 0.05) is 0 Å². The van der Waals surface area contributed by atoms with Crippen LogP contribution in [-0.2, 0) is 0 Å². The summed E-state index contributed by atoms with van der Waals surface area (Å²) in [5.74, 6) is 1.71. The van der Waals surface area contributed by atoms with E-state index >= 15 is 0 Å². The third-order valence-corrected chi connectivity index (χ3v) is 3.57. The van der Waals surface area contributed by atoms with E-state index in [0.717, 1.165) is 11.8 Å². The molecule has 1 fully saturated rings. The van der Waals surface area contributed by atoms with E-state index in [1.54, 1.807) is 5.57 Å². The maximum atomic E-state index is 4.19. The van der Waals surface area contributed by atoms with Crippen molar-refractivity contribution in [1.29, 1.82) is 0 Å². The van der Waals surface area contributed by atoms with Crippen molar-refractivity contribution in [2.45, 2.75) is 39.0 Å². The Balaban J connectivity index is 2.20. The van der Waals surface area contributed by atoms with Crippen molar-refractivity contribution in [1.82, 2.24) is 0 Å². The molecule has 0 aromatic rings. The average Bonchev–Trinajstić information content (AvgIpc) is 2.21. The summed E-state index contributed by atoms with van der Waals surface area (Å²) >= 11 is 0. The van der Waals surface area contributed by atoms with E-state index in [1.807, 2.05) is 0 Å². The van der Waals surface area contributed by atoms with E-state index in [1.165, 1.54) is 37.7 Å². The lowest BCUT2D eigenvalue weighted by molar-refractivity contribution is 0.430. The van der Waals surface area contributed by atoms with Crippen LogP contribution in [0.1, 0.15) is 39.0 Å². The molecule has 0 spiro atoms. The van der Waals surface area contributed by atoms with Gasteiger partial charge < -0.3 is 0 Å². The van der Waals surface area contributed by atoms with Crippen LogP contribution in [0.2, 0.25) is 0 Å². The van der Waals surface area contributed by atoms with E-state index in [2.05, 4.69) is 19.6 Å². The van der Waals surface area contributed by atoms with Crippen LogP contribution in [0.4, 0.5) is 0 Å². The van der Waals surface area contributed by atoms with Gasteiger partial charge in [0.15, 0.2) is 0 Å². The quantitative estimate of drug-likeness (QED) is 0.476. The van der Waals surface area contributed by atoms with Crippen LogP contribution in [-0.4, -0.2) is 0 Å². The second kappa shape index (κ2) is 3.08. The number of hydrogen-bond acceptors (Lipinski definition) is 0. The number of rotatable bonds is 0. The molecule has 0 heterocycles. The van der Waals surface area contributed by atoms with Gasteiger partial charge in [-0.2, -0.15) is 0 Å². The van der Waals surface area contributed by atoms with Gasteiger partial charge in [0.1, 0.15) is 0 Å². The Morgan fingerprint density at radius 3 is 3.08 bits per heavy atom. The van der Waals surface area contributed by atoms with Crippen molar-refractivity contribution >= 4 is 0 Å². The highest BCUT2D eigenvalue weighted by Crippen LogP contribution is 2.40. The molecule has 0 aliphatic heterocycles. The molecule has 2 aliphatic carbocycles. The van der Waals surface area contributed by atoms with Crippen LogP contribution in [0.15, 0.2) is 23.8 Å². The SMILES string of the molecule is C=C1CCCC2CC1CC=C2C. The van der Waals surface area contributed by atoms with Crippen LogP contribution in [0.3, 0.4) is 0 Å². The van der Waals surface area contributed by atoms with Crippen LogP contribution in [0.25, 0.3) is 0 Å². The van der Waals surface area contributed by atoms with Crippen molar-refractivity contribution < 1.29 is 0 Å². The van der Waals surface area contributed by atoms with Crippen molar-refractivity contribution in [2.75, 3.05) is 0 Å². The van der Waals surface area contributed by atoms with Gasteiger partial charge >= 0.3 is 0 Å². The largest absolute Gasteiger partial charge is 0.0996 e. The minimum Gasteiger partial charge on any atom is -0.0996 e. The Morgan fingerprint density at radius 2 is 2.25 bits per heavy atom. The zero-order valence-electron chi connectivity index (χ0n) is 7.97. The normalized spacial score (nSPS) is 35.8. The zero-order chi connectivity index (χ0) is 8.55. The van der Waals surface area contributed by atoms with Gasteiger partial charge in [-0.3, -0.25) is 0 Å². The third-order valence-electron chi connectivity index (χ3n) is 3.57. The molecule has 0 saturated heterocycles. The number of allylic oxidation sites excluding steroid dienone is 3. The van der Waals surface area contributed by atoms with Gasteiger partial charge in [-0.1, -0.05) is 23.8 Å². The van der Waals surface area contributed by atoms with E-state index in [4.69, 9.17) is 0 Å². The predicted octanol–water partition coefficient (Wildman–Crippen LogP) is 3.70. The first-order valence-electron chi connectivity index (χ1n) is 5.11. The molecule has 0 aromatic heterocycles. The molecular formula is C12H18. The van der Waals surface area contributed by atoms with Gasteiger partial charge in [-0.15, -0.1) is 0 Å². The van der Waals surface area contributed by atoms with Crippen LogP contribution < -0.4 is 0 Å². The molecule has 2 bridgehead atoms. The van der Waals surface area contributed by atoms with Crippen molar-refractivity contribution in [2.24, 2.45) is 11.8 Å². The lowest BCUT2D eigenvalue weighted by atomic mass is 9.80. The second-order valence-electron chi connectivity index (χ2n) is 4.36. The Morgan fingerprint density at radius 1 is 1.42 bits per heavy atom. The topological polar surface area (TPSA) is 0 Å². The summed E-state index contributed by atoms with van der Waals surface area (Å²) in [6, 6.07) is 0. The van der Waals surface area contributed by atoms with Crippen LogP contribution >= 0.6 is 0 Å². The summed E-state index contributed by atoms with van der Waals surface area (Å²) < 4.78 is 0. The predicted molar refractivity (Wildman–Crippen MR) is 53.0 cm³/mol. The monoisotopic (exact) mass is 162 g/mol. The summed E-state index contributed by atoms with van der Waals surface area (Å²) in [5.41, 5.74) is 3.15. The van der Waals surface area contributed by atoms with E-state index in [0.29, 0.717) is 0 Å². The maximum Gasteiger partial charge on any atom is -0.0166 e. The van der Waals surface area contributed by atoms with Gasteiger partial charge in [0.05, 0.1) is 0 Å². The highest BCUT2D eigenvalue weighted by molar-refractivity contribution is 5.16. The second-order valence-corrected chi connectivity index (χ2v) is 4.36. The summed E-state index contributed by atoms with van der Waals surface area (Å²) in [7, 11) is 0. The third kappa shape index (κ3) is 1.35. The molecule has 0 amide bonds. The smallest absolute Gasteiger partial charge is 0.0166 e. The first-order valence-corrected chi connectivity index (χ1v) is 5.11. The lowest BCUT2D eigenvalue weighted by Crippen LogP contribution is -2.13. The Kier molecular flexibility index (Phi) is 2.08. The molecule has 0 nitrogen and oxygen atoms in total. The Labute approximate surface area is 75.4 Å². The summed E-state index contributed by atoms with van der Waals surface area (Å²) in [6.45, 7) is 6.49. The van der Waals surface area contributed by atoms with E-state index in [-0.39, 0.29) is 0 Å². The van der Waals surface area contributed by atoms with Crippen LogP contribution in [0, 0.1) is 11.8 Å². The Bertz CT molecular complexity index is 222. The Hall–Kier alpha value is -0.520. The fraction of sp³-hybridized carbons (Fsp3) is 0.667. The van der Waals surface area contributed by atoms with Crippen LogP contribution in [0.5, 0.6) is 0 Å². The van der Waals surface area contributed by atoms with Gasteiger partial charge in [-0.25, -0.2) is 0 Å². The molecule has 0 N–H and O–H groups in total. The van der Waals surface area contributed by atoms with Crippen molar-refractivity contribution in [3.05, 3.63) is 23.8 Å². The van der Waals surface area contributed by atoms with Crippen molar-refractivity contribution in [3.63, 3.8) is 0 Å². The summed E-state index contributed by atoms with van der Waals surface area (Å²) in [6.07, 6.45) is 9.14. The first kappa shape index (κ1) is 8.10. The molecule has 12 heavy (non-hydrogen) atoms. The van der Waals surface area contributed by atoms with Gasteiger partial charge in [0.2, 0.25) is 0 Å². The van der Waals surface area contributed by atoms with Gasteiger partial charge in [-0.05, 0) is 50.9 Å². The highest BCUT2D eigenvalue weighted by atomic mass is 14.3. The molecule has 0 heteroatoms. The van der Waals surface area contributed by atoms with Crippen molar-refractivity contribution in [3.8, 4) is 0 Å². The van der Waals surface area contributed by atoms with E-state index in [9.17, 15) is 0 Å². The minimum absolute atomic E-state index is 0.821. The number of fused-ring (bicyclic) bond motifs is 2. The zero-order valence-corrected chi connectivity index (χ0v) is 7.97. The first-order chi connectivity index (χ1) is 5.77. The molecule has 2 atom stereocenters. The fourth-order valence-corrected chi connectivity index (χ4v) is 2.58. The average molecular weight is 162 g/mol. The lowest BCUT2D eigenvalue weighted by Gasteiger charge is -2.26. The standard InChI is InChI=1S/C12H18/c1-9-4-3-5-11-8-12(9)7-6-10(11)2/h6,11-12H,1,3-5,7-8H2,2H3. The molecule has 2 unspecified atom stereocenters. The minimum atomic E-state index is 0.821. The molecular weight excluding hydrogens is 144 g/mol. The molecule has 0 radical (unpaired) electrons. The molecule has 1 saturated carbocycles. The fourth-order valence-electron chi connectivity index (χ4n) is 2.58. The highest BCUT2D eigenvalue weighted by Gasteiger charge is 2.26. The molecule has 66 valence electrons. The summed E-state index contributed by atoms with van der Waals surface area (Å²) in [4.78, 5) is 0. The van der Waals surface area contributed by atoms with Gasteiger partial charge in [0.25, 0.3) is 0 Å². The van der Waals surface area contributed by atoms with E-state index < -0.39 is 0 Å². The number of hydrogen-bond donors (Lipinski definition) is 0.